The largest absolute Gasteiger partial charge is 0.497 e. The summed E-state index contributed by atoms with van der Waals surface area (Å²) in [5, 5.41) is 0. The van der Waals surface area contributed by atoms with Crippen molar-refractivity contribution in [2.24, 2.45) is 0 Å². The fourth-order valence-electron chi connectivity index (χ4n) is 1.50. The number of rotatable bonds is 6. The van der Waals surface area contributed by atoms with Crippen LogP contribution in [0.3, 0.4) is 0 Å². The molecule has 0 fully saturated rings. The molecule has 0 amide bonds. The maximum absolute atomic E-state index is 5.10. The van der Waals surface area contributed by atoms with Gasteiger partial charge in [0.05, 0.1) is 13.7 Å². The molecular formula is C16H19NO. The fraction of sp³-hybridized carbons (Fsp3) is 0.250. The lowest BCUT2D eigenvalue weighted by molar-refractivity contribution is 0.379. The van der Waals surface area contributed by atoms with Crippen molar-refractivity contribution in [1.29, 1.82) is 0 Å². The van der Waals surface area contributed by atoms with Crippen LogP contribution in [0, 0.1) is 11.8 Å². The van der Waals surface area contributed by atoms with E-state index in [2.05, 4.69) is 29.9 Å². The predicted molar refractivity (Wildman–Crippen MR) is 76.7 cm³/mol. The molecule has 0 N–H and O–H groups in total. The van der Waals surface area contributed by atoms with E-state index in [-0.39, 0.29) is 0 Å². The number of ether oxygens (including phenoxy) is 1. The number of nitrogens with zero attached hydrogens (tertiary/aromatic N) is 1. The van der Waals surface area contributed by atoms with E-state index in [1.807, 2.05) is 36.4 Å². The maximum atomic E-state index is 5.10. The third-order valence-electron chi connectivity index (χ3n) is 2.40. The average Bonchev–Trinajstić information content (AvgIpc) is 2.40. The summed E-state index contributed by atoms with van der Waals surface area (Å²) in [5.41, 5.74) is 0.993. The molecule has 2 nitrogen and oxygen atoms in total. The van der Waals surface area contributed by atoms with E-state index in [9.17, 15) is 0 Å². The topological polar surface area (TPSA) is 12.5 Å². The molecule has 1 rings (SSSR count). The minimum atomic E-state index is 0.712. The van der Waals surface area contributed by atoms with Gasteiger partial charge in [0.15, 0.2) is 0 Å². The smallest absolute Gasteiger partial charge is 0.118 e. The summed E-state index contributed by atoms with van der Waals surface area (Å²) in [6.07, 6.45) is 3.75. The summed E-state index contributed by atoms with van der Waals surface area (Å²) >= 11 is 0. The zero-order chi connectivity index (χ0) is 13.2. The van der Waals surface area contributed by atoms with Crippen molar-refractivity contribution in [2.75, 3.05) is 26.7 Å². The van der Waals surface area contributed by atoms with Gasteiger partial charge in [0.1, 0.15) is 5.75 Å². The summed E-state index contributed by atoms with van der Waals surface area (Å²) in [4.78, 5) is 2.16. The first-order valence-electron chi connectivity index (χ1n) is 5.87. The standard InChI is InChI=1S/C16H19NO/c1-4-12-17(13-5-2)14-6-7-15-8-10-16(18-3)11-9-15/h4-5,8-11H,1-2,12-14H2,3H3. The molecule has 94 valence electrons. The van der Waals surface area contributed by atoms with Crippen molar-refractivity contribution in [1.82, 2.24) is 4.90 Å². The summed E-state index contributed by atoms with van der Waals surface area (Å²) in [6.45, 7) is 9.82. The molecular weight excluding hydrogens is 222 g/mol. The van der Waals surface area contributed by atoms with Crippen LogP contribution < -0.4 is 4.74 Å². The van der Waals surface area contributed by atoms with Gasteiger partial charge in [0.2, 0.25) is 0 Å². The van der Waals surface area contributed by atoms with Gasteiger partial charge in [-0.2, -0.15) is 0 Å². The second kappa shape index (κ2) is 8.16. The first kappa shape index (κ1) is 14.1. The molecule has 0 aliphatic rings. The van der Waals surface area contributed by atoms with Gasteiger partial charge in [-0.05, 0) is 24.3 Å². The first-order chi connectivity index (χ1) is 8.80. The zero-order valence-electron chi connectivity index (χ0n) is 10.9. The Labute approximate surface area is 110 Å². The van der Waals surface area contributed by atoms with Crippen LogP contribution >= 0.6 is 0 Å². The molecule has 0 aliphatic heterocycles. The third-order valence-corrected chi connectivity index (χ3v) is 2.40. The molecule has 18 heavy (non-hydrogen) atoms. The van der Waals surface area contributed by atoms with Gasteiger partial charge >= 0.3 is 0 Å². The minimum absolute atomic E-state index is 0.712. The second-order valence-corrected chi connectivity index (χ2v) is 3.80. The highest BCUT2D eigenvalue weighted by atomic mass is 16.5. The molecule has 0 aliphatic carbocycles. The highest BCUT2D eigenvalue weighted by Gasteiger charge is 1.96. The van der Waals surface area contributed by atoms with Gasteiger partial charge in [0, 0.05) is 18.7 Å². The van der Waals surface area contributed by atoms with Crippen LogP contribution in [-0.2, 0) is 0 Å². The molecule has 0 unspecified atom stereocenters. The lowest BCUT2D eigenvalue weighted by atomic mass is 10.2. The van der Waals surface area contributed by atoms with Crippen molar-refractivity contribution in [3.8, 4) is 17.6 Å². The van der Waals surface area contributed by atoms with Crippen molar-refractivity contribution >= 4 is 0 Å². The van der Waals surface area contributed by atoms with E-state index in [0.717, 1.165) is 24.4 Å². The monoisotopic (exact) mass is 241 g/mol. The molecule has 0 bridgehead atoms. The maximum Gasteiger partial charge on any atom is 0.118 e. The van der Waals surface area contributed by atoms with Gasteiger partial charge in [-0.3, -0.25) is 4.90 Å². The molecule has 0 saturated heterocycles. The van der Waals surface area contributed by atoms with E-state index in [4.69, 9.17) is 4.74 Å². The van der Waals surface area contributed by atoms with Gasteiger partial charge < -0.3 is 4.74 Å². The van der Waals surface area contributed by atoms with Crippen LogP contribution in [-0.4, -0.2) is 31.6 Å². The number of hydrogen-bond donors (Lipinski definition) is 0. The summed E-state index contributed by atoms with van der Waals surface area (Å²) in [7, 11) is 1.66. The van der Waals surface area contributed by atoms with Gasteiger partial charge in [-0.15, -0.1) is 13.2 Å². The molecule has 0 aromatic heterocycles. The first-order valence-corrected chi connectivity index (χ1v) is 5.87. The Morgan fingerprint density at radius 2 is 1.78 bits per heavy atom. The van der Waals surface area contributed by atoms with Crippen LogP contribution in [0.2, 0.25) is 0 Å². The van der Waals surface area contributed by atoms with Crippen molar-refractivity contribution < 1.29 is 4.74 Å². The van der Waals surface area contributed by atoms with E-state index >= 15 is 0 Å². The summed E-state index contributed by atoms with van der Waals surface area (Å²) in [5.74, 6) is 7.12. The van der Waals surface area contributed by atoms with E-state index in [1.165, 1.54) is 0 Å². The Bertz CT molecular complexity index is 426. The van der Waals surface area contributed by atoms with Crippen molar-refractivity contribution in [3.05, 3.63) is 55.1 Å². The van der Waals surface area contributed by atoms with Crippen LogP contribution in [0.5, 0.6) is 5.75 Å². The van der Waals surface area contributed by atoms with Gasteiger partial charge in [0.25, 0.3) is 0 Å². The molecule has 0 radical (unpaired) electrons. The Hall–Kier alpha value is -1.98. The highest BCUT2D eigenvalue weighted by molar-refractivity contribution is 5.38. The van der Waals surface area contributed by atoms with Crippen LogP contribution in [0.15, 0.2) is 49.6 Å². The number of hydrogen-bond acceptors (Lipinski definition) is 2. The summed E-state index contributed by atoms with van der Waals surface area (Å²) in [6, 6.07) is 7.73. The number of methoxy groups -OCH3 is 1. The van der Waals surface area contributed by atoms with Crippen LogP contribution in [0.4, 0.5) is 0 Å². The third kappa shape index (κ3) is 4.90. The van der Waals surface area contributed by atoms with E-state index < -0.39 is 0 Å². The predicted octanol–water partition coefficient (Wildman–Crippen LogP) is 2.72. The Kier molecular flexibility index (Phi) is 6.38. The average molecular weight is 241 g/mol. The van der Waals surface area contributed by atoms with Crippen molar-refractivity contribution in [3.63, 3.8) is 0 Å². The molecule has 2 heteroatoms. The number of benzene rings is 1. The minimum Gasteiger partial charge on any atom is -0.497 e. The highest BCUT2D eigenvalue weighted by Crippen LogP contribution is 2.10. The fourth-order valence-corrected chi connectivity index (χ4v) is 1.50. The Morgan fingerprint density at radius 1 is 1.17 bits per heavy atom. The molecule has 0 spiro atoms. The quantitative estimate of drug-likeness (QED) is 0.561. The molecule has 0 saturated carbocycles. The molecule has 0 atom stereocenters. The van der Waals surface area contributed by atoms with Gasteiger partial charge in [-0.1, -0.05) is 24.0 Å². The SMILES string of the molecule is C=CCN(CC#Cc1ccc(OC)cc1)CC=C. The summed E-state index contributed by atoms with van der Waals surface area (Å²) < 4.78 is 5.10. The molecule has 1 aromatic carbocycles. The normalized spacial score (nSPS) is 9.44. The Balaban J connectivity index is 2.57. The van der Waals surface area contributed by atoms with E-state index in [0.29, 0.717) is 6.54 Å². The molecule has 1 aromatic rings. The lowest BCUT2D eigenvalue weighted by Gasteiger charge is -2.14. The lowest BCUT2D eigenvalue weighted by Crippen LogP contribution is -2.24. The Morgan fingerprint density at radius 3 is 2.28 bits per heavy atom. The van der Waals surface area contributed by atoms with Crippen LogP contribution in [0.1, 0.15) is 5.56 Å². The second-order valence-electron chi connectivity index (χ2n) is 3.80. The van der Waals surface area contributed by atoms with Crippen molar-refractivity contribution in [2.45, 2.75) is 0 Å². The molecule has 0 heterocycles. The zero-order valence-corrected chi connectivity index (χ0v) is 10.9. The van der Waals surface area contributed by atoms with E-state index in [1.54, 1.807) is 7.11 Å². The van der Waals surface area contributed by atoms with Gasteiger partial charge in [-0.25, -0.2) is 0 Å². The van der Waals surface area contributed by atoms with Crippen LogP contribution in [0.25, 0.3) is 0 Å².